The van der Waals surface area contributed by atoms with E-state index in [4.69, 9.17) is 4.98 Å². The molecule has 0 unspecified atom stereocenters. The van der Waals surface area contributed by atoms with Gasteiger partial charge in [0.05, 0.1) is 10.4 Å². The average Bonchev–Trinajstić information content (AvgIpc) is 3.25. The zero-order valence-electron chi connectivity index (χ0n) is 16.5. The van der Waals surface area contributed by atoms with Gasteiger partial charge in [0.1, 0.15) is 0 Å². The highest BCUT2D eigenvalue weighted by molar-refractivity contribution is 7.21. The van der Waals surface area contributed by atoms with Crippen LogP contribution in [0.3, 0.4) is 0 Å². The monoisotopic (exact) mass is 418 g/mol. The zero-order chi connectivity index (χ0) is 20.3. The van der Waals surface area contributed by atoms with Crippen molar-refractivity contribution in [1.82, 2.24) is 25.2 Å². The van der Waals surface area contributed by atoms with Gasteiger partial charge in [-0.1, -0.05) is 6.07 Å². The Morgan fingerprint density at radius 2 is 2.10 bits per heavy atom. The lowest BCUT2D eigenvalue weighted by molar-refractivity contribution is 0.0741. The van der Waals surface area contributed by atoms with Crippen molar-refractivity contribution in [2.24, 2.45) is 0 Å². The SMILES string of the molecule is O=C(c1cc2c(ccc3cnc(NCCc4cccnc4)nc32)s1)N1CCNCC1. The molecule has 3 aromatic heterocycles. The van der Waals surface area contributed by atoms with E-state index in [1.807, 2.05) is 35.5 Å². The molecule has 0 saturated carbocycles. The molecule has 4 aromatic rings. The second-order valence-corrected chi connectivity index (χ2v) is 8.38. The van der Waals surface area contributed by atoms with Gasteiger partial charge in [-0.15, -0.1) is 11.3 Å². The molecule has 1 saturated heterocycles. The molecule has 7 nitrogen and oxygen atoms in total. The molecule has 5 rings (SSSR count). The Bertz CT molecular complexity index is 1190. The summed E-state index contributed by atoms with van der Waals surface area (Å²) in [5, 5.41) is 8.57. The Balaban J connectivity index is 1.39. The van der Waals surface area contributed by atoms with E-state index in [-0.39, 0.29) is 5.91 Å². The molecule has 0 atom stereocenters. The predicted octanol–water partition coefficient (Wildman–Crippen LogP) is 2.94. The summed E-state index contributed by atoms with van der Waals surface area (Å²) in [6.45, 7) is 3.92. The molecule has 152 valence electrons. The Hall–Kier alpha value is -3.10. The van der Waals surface area contributed by atoms with Gasteiger partial charge in [0.15, 0.2) is 0 Å². The summed E-state index contributed by atoms with van der Waals surface area (Å²) in [6.07, 6.45) is 6.33. The van der Waals surface area contributed by atoms with E-state index >= 15 is 0 Å². The molecule has 4 heterocycles. The van der Waals surface area contributed by atoms with Gasteiger partial charge in [-0.3, -0.25) is 9.78 Å². The van der Waals surface area contributed by atoms with Gasteiger partial charge in [-0.2, -0.15) is 0 Å². The maximum atomic E-state index is 12.9. The van der Waals surface area contributed by atoms with Crippen LogP contribution in [0.25, 0.3) is 21.0 Å². The number of fused-ring (bicyclic) bond motifs is 3. The second kappa shape index (κ2) is 8.33. The van der Waals surface area contributed by atoms with Gasteiger partial charge in [0.25, 0.3) is 5.91 Å². The molecule has 8 heteroatoms. The standard InChI is InChI=1S/C22H22N6OS/c29-21(28-10-8-23-9-11-28)19-12-17-18(30-19)4-3-16-14-26-22(27-20(16)17)25-7-5-15-2-1-6-24-13-15/h1-4,6,12-14,23H,5,7-11H2,(H,25,26,27). The summed E-state index contributed by atoms with van der Waals surface area (Å²) < 4.78 is 1.07. The summed E-state index contributed by atoms with van der Waals surface area (Å²) in [4.78, 5) is 28.9. The number of hydrogen-bond donors (Lipinski definition) is 2. The van der Waals surface area contributed by atoms with Gasteiger partial charge in [-0.25, -0.2) is 9.97 Å². The number of aromatic nitrogens is 3. The van der Waals surface area contributed by atoms with Crippen LogP contribution < -0.4 is 10.6 Å². The third-order valence-corrected chi connectivity index (χ3v) is 6.37. The number of nitrogens with zero attached hydrogens (tertiary/aromatic N) is 4. The van der Waals surface area contributed by atoms with Crippen molar-refractivity contribution in [2.45, 2.75) is 6.42 Å². The highest BCUT2D eigenvalue weighted by Gasteiger charge is 2.20. The number of nitrogens with one attached hydrogen (secondary N) is 2. The lowest BCUT2D eigenvalue weighted by Crippen LogP contribution is -2.46. The number of thiophene rings is 1. The summed E-state index contributed by atoms with van der Waals surface area (Å²) >= 11 is 1.54. The Kier molecular flexibility index (Phi) is 5.25. The molecule has 2 N–H and O–H groups in total. The topological polar surface area (TPSA) is 83.0 Å². The zero-order valence-corrected chi connectivity index (χ0v) is 17.3. The molecule has 1 aliphatic heterocycles. The fourth-order valence-corrected chi connectivity index (χ4v) is 4.72. The molecule has 0 radical (unpaired) electrons. The first-order valence-corrected chi connectivity index (χ1v) is 10.9. The van der Waals surface area contributed by atoms with E-state index in [0.717, 1.165) is 65.0 Å². The molecule has 1 aromatic carbocycles. The highest BCUT2D eigenvalue weighted by atomic mass is 32.1. The third kappa shape index (κ3) is 3.83. The van der Waals surface area contributed by atoms with Gasteiger partial charge >= 0.3 is 0 Å². The Labute approximate surface area is 178 Å². The molecular formula is C22H22N6OS. The number of carbonyl (C=O) groups is 1. The van der Waals surface area contributed by atoms with Crippen molar-refractivity contribution in [3.8, 4) is 0 Å². The van der Waals surface area contributed by atoms with Crippen molar-refractivity contribution in [3.63, 3.8) is 0 Å². The first kappa shape index (κ1) is 18.9. The van der Waals surface area contributed by atoms with Crippen LogP contribution in [-0.4, -0.2) is 58.5 Å². The van der Waals surface area contributed by atoms with Gasteiger partial charge in [0.2, 0.25) is 5.95 Å². The predicted molar refractivity (Wildman–Crippen MR) is 120 cm³/mol. The number of amides is 1. The minimum absolute atomic E-state index is 0.106. The van der Waals surface area contributed by atoms with Crippen molar-refractivity contribution in [2.75, 3.05) is 38.0 Å². The molecular weight excluding hydrogens is 396 g/mol. The number of piperazine rings is 1. The van der Waals surface area contributed by atoms with E-state index in [1.54, 1.807) is 6.20 Å². The van der Waals surface area contributed by atoms with E-state index in [1.165, 1.54) is 16.9 Å². The van der Waals surface area contributed by atoms with Gasteiger partial charge in [-0.05, 0) is 36.2 Å². The molecule has 1 fully saturated rings. The number of carbonyl (C=O) groups excluding carboxylic acids is 1. The number of rotatable bonds is 5. The van der Waals surface area contributed by atoms with Crippen LogP contribution in [0.15, 0.2) is 48.9 Å². The van der Waals surface area contributed by atoms with E-state index in [9.17, 15) is 4.79 Å². The minimum atomic E-state index is 0.106. The van der Waals surface area contributed by atoms with Crippen LogP contribution in [0.4, 0.5) is 5.95 Å². The lowest BCUT2D eigenvalue weighted by atomic mass is 10.1. The van der Waals surface area contributed by atoms with Crippen LogP contribution in [0.1, 0.15) is 15.2 Å². The van der Waals surface area contributed by atoms with E-state index in [2.05, 4.69) is 32.7 Å². The molecule has 1 amide bonds. The summed E-state index contributed by atoms with van der Waals surface area (Å²) in [7, 11) is 0. The fourth-order valence-electron chi connectivity index (χ4n) is 3.69. The maximum Gasteiger partial charge on any atom is 0.264 e. The molecule has 0 bridgehead atoms. The van der Waals surface area contributed by atoms with Crippen molar-refractivity contribution >= 4 is 44.2 Å². The van der Waals surface area contributed by atoms with E-state index < -0.39 is 0 Å². The quantitative estimate of drug-likeness (QED) is 0.519. The number of pyridine rings is 1. The molecule has 1 aliphatic rings. The van der Waals surface area contributed by atoms with Crippen LogP contribution in [0.5, 0.6) is 0 Å². The highest BCUT2D eigenvalue weighted by Crippen LogP contribution is 2.32. The fraction of sp³-hybridized carbons (Fsp3) is 0.273. The average molecular weight is 419 g/mol. The third-order valence-electron chi connectivity index (χ3n) is 5.28. The summed E-state index contributed by atoms with van der Waals surface area (Å²) in [5.74, 6) is 0.704. The first-order valence-electron chi connectivity index (χ1n) is 10.1. The smallest absolute Gasteiger partial charge is 0.264 e. The maximum absolute atomic E-state index is 12.9. The largest absolute Gasteiger partial charge is 0.354 e. The van der Waals surface area contributed by atoms with Crippen molar-refractivity contribution in [3.05, 3.63) is 59.4 Å². The van der Waals surface area contributed by atoms with Crippen LogP contribution in [-0.2, 0) is 6.42 Å². The van der Waals surface area contributed by atoms with Gasteiger partial charge in [0, 0.05) is 66.8 Å². The molecule has 30 heavy (non-hydrogen) atoms. The number of anilines is 1. The first-order chi connectivity index (χ1) is 14.8. The van der Waals surface area contributed by atoms with Crippen molar-refractivity contribution < 1.29 is 4.79 Å². The summed E-state index contributed by atoms with van der Waals surface area (Å²) in [5.41, 5.74) is 2.05. The van der Waals surface area contributed by atoms with Crippen LogP contribution >= 0.6 is 11.3 Å². The molecule has 0 aliphatic carbocycles. The van der Waals surface area contributed by atoms with Crippen molar-refractivity contribution in [1.29, 1.82) is 0 Å². The number of benzene rings is 1. The van der Waals surface area contributed by atoms with Gasteiger partial charge < -0.3 is 15.5 Å². The number of hydrogen-bond acceptors (Lipinski definition) is 7. The summed E-state index contributed by atoms with van der Waals surface area (Å²) in [6, 6.07) is 10.1. The molecule has 0 spiro atoms. The normalized spacial score (nSPS) is 14.3. The van der Waals surface area contributed by atoms with Crippen LogP contribution in [0, 0.1) is 0 Å². The van der Waals surface area contributed by atoms with Crippen LogP contribution in [0.2, 0.25) is 0 Å². The Morgan fingerprint density at radius 3 is 2.93 bits per heavy atom. The minimum Gasteiger partial charge on any atom is -0.354 e. The lowest BCUT2D eigenvalue weighted by Gasteiger charge is -2.26. The Morgan fingerprint density at radius 1 is 1.20 bits per heavy atom. The van der Waals surface area contributed by atoms with E-state index in [0.29, 0.717) is 5.95 Å². The second-order valence-electron chi connectivity index (χ2n) is 7.30.